The van der Waals surface area contributed by atoms with Crippen LogP contribution in [0.5, 0.6) is 0 Å². The van der Waals surface area contributed by atoms with Gasteiger partial charge in [-0.2, -0.15) is 0 Å². The molecule has 1 aliphatic carbocycles. The maximum atomic E-state index is 13.2. The van der Waals surface area contributed by atoms with Crippen LogP contribution >= 0.6 is 0 Å². The second kappa shape index (κ2) is 8.59. The Kier molecular flexibility index (Phi) is 5.51. The highest BCUT2D eigenvalue weighted by molar-refractivity contribution is 5.95. The summed E-state index contributed by atoms with van der Waals surface area (Å²) >= 11 is 0. The minimum absolute atomic E-state index is 0.0658. The van der Waals surface area contributed by atoms with Crippen molar-refractivity contribution in [3.05, 3.63) is 54.0 Å². The lowest BCUT2D eigenvalue weighted by atomic mass is 9.94. The van der Waals surface area contributed by atoms with E-state index in [9.17, 15) is 9.59 Å². The molecule has 0 unspecified atom stereocenters. The van der Waals surface area contributed by atoms with Crippen LogP contribution in [0.2, 0.25) is 0 Å². The number of piperazine rings is 1. The van der Waals surface area contributed by atoms with E-state index in [0.717, 1.165) is 38.2 Å². The van der Waals surface area contributed by atoms with Crippen molar-refractivity contribution in [1.82, 2.24) is 24.3 Å². The molecule has 0 atom stereocenters. The molecule has 160 valence electrons. The third-order valence-electron chi connectivity index (χ3n) is 6.60. The Bertz CT molecular complexity index is 1090. The first-order valence-corrected chi connectivity index (χ1v) is 11.2. The van der Waals surface area contributed by atoms with E-state index >= 15 is 0 Å². The van der Waals surface area contributed by atoms with Gasteiger partial charge in [0.2, 0.25) is 0 Å². The molecule has 7 heteroatoms. The van der Waals surface area contributed by atoms with Crippen LogP contribution in [-0.2, 0) is 0 Å². The van der Waals surface area contributed by atoms with Crippen molar-refractivity contribution < 1.29 is 9.59 Å². The van der Waals surface area contributed by atoms with Crippen molar-refractivity contribution in [2.24, 2.45) is 0 Å². The standard InChI is InChI=1S/C24H27N5O2/c30-16-19-9-10-22-23(26-19)29(17-25-22)21-8-4-5-18(15-21)24(31)28-13-11-27(12-14-28)20-6-2-1-3-7-20/h4-5,8-10,15-17,20H,1-3,6-7,11-14H2. The normalized spacial score (nSPS) is 18.4. The van der Waals surface area contributed by atoms with Crippen molar-refractivity contribution in [3.8, 4) is 5.69 Å². The molecular formula is C24H27N5O2. The zero-order valence-electron chi connectivity index (χ0n) is 17.6. The minimum atomic E-state index is 0.0658. The van der Waals surface area contributed by atoms with Crippen molar-refractivity contribution in [2.75, 3.05) is 26.2 Å². The van der Waals surface area contributed by atoms with Crippen LogP contribution in [0.3, 0.4) is 0 Å². The number of aromatic nitrogens is 3. The maximum Gasteiger partial charge on any atom is 0.254 e. The number of nitrogens with zero attached hydrogens (tertiary/aromatic N) is 5. The Morgan fingerprint density at radius 3 is 2.58 bits per heavy atom. The van der Waals surface area contributed by atoms with Gasteiger partial charge in [-0.05, 0) is 43.2 Å². The number of pyridine rings is 1. The highest BCUT2D eigenvalue weighted by atomic mass is 16.2. The molecule has 2 aliphatic rings. The lowest BCUT2D eigenvalue weighted by Crippen LogP contribution is -2.52. The quantitative estimate of drug-likeness (QED) is 0.609. The molecule has 1 aromatic carbocycles. The first-order valence-electron chi connectivity index (χ1n) is 11.2. The molecule has 0 radical (unpaired) electrons. The Hall–Kier alpha value is -3.06. The summed E-state index contributed by atoms with van der Waals surface area (Å²) in [6.45, 7) is 3.47. The SMILES string of the molecule is O=Cc1ccc2ncn(-c3cccc(C(=O)N4CCN(C5CCCCC5)CC4)c3)c2n1. The van der Waals surface area contributed by atoms with E-state index in [2.05, 4.69) is 14.9 Å². The monoisotopic (exact) mass is 417 g/mol. The van der Waals surface area contributed by atoms with E-state index in [-0.39, 0.29) is 5.91 Å². The second-order valence-electron chi connectivity index (χ2n) is 8.48. The Labute approximate surface area is 181 Å². The van der Waals surface area contributed by atoms with Gasteiger partial charge >= 0.3 is 0 Å². The Morgan fingerprint density at radius 1 is 1.00 bits per heavy atom. The number of benzene rings is 1. The number of hydrogen-bond acceptors (Lipinski definition) is 5. The molecule has 31 heavy (non-hydrogen) atoms. The van der Waals surface area contributed by atoms with Gasteiger partial charge in [0.05, 0.1) is 0 Å². The van der Waals surface area contributed by atoms with Crippen LogP contribution in [0.25, 0.3) is 16.9 Å². The summed E-state index contributed by atoms with van der Waals surface area (Å²) in [6, 6.07) is 11.7. The van der Waals surface area contributed by atoms with E-state index < -0.39 is 0 Å². The van der Waals surface area contributed by atoms with Crippen LogP contribution in [0, 0.1) is 0 Å². The number of imidazole rings is 1. The van der Waals surface area contributed by atoms with Gasteiger partial charge in [-0.15, -0.1) is 0 Å². The average Bonchev–Trinajstić information content (AvgIpc) is 3.27. The van der Waals surface area contributed by atoms with Gasteiger partial charge in [0, 0.05) is 43.5 Å². The first kappa shape index (κ1) is 19.9. The summed E-state index contributed by atoms with van der Waals surface area (Å²) in [5.41, 5.74) is 3.15. The predicted molar refractivity (Wildman–Crippen MR) is 119 cm³/mol. The maximum absolute atomic E-state index is 13.2. The molecule has 0 spiro atoms. The summed E-state index contributed by atoms with van der Waals surface area (Å²) in [5, 5.41) is 0. The molecule has 3 aromatic rings. The lowest BCUT2D eigenvalue weighted by Gasteiger charge is -2.40. The molecular weight excluding hydrogens is 390 g/mol. The largest absolute Gasteiger partial charge is 0.336 e. The number of amides is 1. The molecule has 2 aromatic heterocycles. The van der Waals surface area contributed by atoms with Gasteiger partial charge in [-0.1, -0.05) is 25.3 Å². The highest BCUT2D eigenvalue weighted by Crippen LogP contribution is 2.24. The van der Waals surface area contributed by atoms with E-state index in [0.29, 0.717) is 28.5 Å². The van der Waals surface area contributed by atoms with E-state index in [1.165, 1.54) is 32.1 Å². The smallest absolute Gasteiger partial charge is 0.254 e. The Balaban J connectivity index is 1.32. The fourth-order valence-electron chi connectivity index (χ4n) is 4.87. The molecule has 0 bridgehead atoms. The molecule has 1 amide bonds. The molecule has 7 nitrogen and oxygen atoms in total. The fourth-order valence-corrected chi connectivity index (χ4v) is 4.87. The molecule has 1 saturated heterocycles. The van der Waals surface area contributed by atoms with Crippen molar-refractivity contribution in [2.45, 2.75) is 38.1 Å². The third kappa shape index (κ3) is 3.97. The van der Waals surface area contributed by atoms with Gasteiger partial charge in [-0.3, -0.25) is 19.1 Å². The van der Waals surface area contributed by atoms with Crippen molar-refractivity contribution in [1.29, 1.82) is 0 Å². The second-order valence-corrected chi connectivity index (χ2v) is 8.48. The molecule has 1 saturated carbocycles. The zero-order chi connectivity index (χ0) is 21.2. The van der Waals surface area contributed by atoms with Gasteiger partial charge in [0.1, 0.15) is 17.5 Å². The van der Waals surface area contributed by atoms with Crippen molar-refractivity contribution in [3.63, 3.8) is 0 Å². The first-order chi connectivity index (χ1) is 15.2. The van der Waals surface area contributed by atoms with Crippen LogP contribution in [0.4, 0.5) is 0 Å². The van der Waals surface area contributed by atoms with Crippen molar-refractivity contribution >= 4 is 23.4 Å². The lowest BCUT2D eigenvalue weighted by molar-refractivity contribution is 0.0523. The summed E-state index contributed by atoms with van der Waals surface area (Å²) in [5.74, 6) is 0.0658. The number of fused-ring (bicyclic) bond motifs is 1. The van der Waals surface area contributed by atoms with E-state index in [1.54, 1.807) is 18.5 Å². The molecule has 1 aliphatic heterocycles. The Morgan fingerprint density at radius 2 is 1.81 bits per heavy atom. The van der Waals surface area contributed by atoms with Crippen LogP contribution in [0.1, 0.15) is 53.0 Å². The van der Waals surface area contributed by atoms with Crippen LogP contribution < -0.4 is 0 Å². The van der Waals surface area contributed by atoms with Gasteiger partial charge in [-0.25, -0.2) is 9.97 Å². The molecule has 3 heterocycles. The minimum Gasteiger partial charge on any atom is -0.336 e. The number of hydrogen-bond donors (Lipinski definition) is 0. The predicted octanol–water partition coefficient (Wildman–Crippen LogP) is 3.32. The summed E-state index contributed by atoms with van der Waals surface area (Å²) in [6.07, 6.45) is 9.04. The third-order valence-corrected chi connectivity index (χ3v) is 6.60. The number of carbonyl (C=O) groups excluding carboxylic acids is 2. The molecule has 2 fully saturated rings. The number of carbonyl (C=O) groups is 2. The highest BCUT2D eigenvalue weighted by Gasteiger charge is 2.27. The van der Waals surface area contributed by atoms with E-state index in [1.807, 2.05) is 33.7 Å². The number of aldehydes is 1. The average molecular weight is 418 g/mol. The van der Waals surface area contributed by atoms with Crippen LogP contribution in [-0.4, -0.2) is 68.7 Å². The summed E-state index contributed by atoms with van der Waals surface area (Å²) in [4.78, 5) is 37.6. The van der Waals surface area contributed by atoms with Gasteiger partial charge < -0.3 is 4.90 Å². The molecule has 0 N–H and O–H groups in total. The molecule has 5 rings (SSSR count). The zero-order valence-corrected chi connectivity index (χ0v) is 17.6. The fraction of sp³-hybridized carbons (Fsp3) is 0.417. The van der Waals surface area contributed by atoms with E-state index in [4.69, 9.17) is 0 Å². The number of rotatable bonds is 4. The summed E-state index contributed by atoms with van der Waals surface area (Å²) in [7, 11) is 0. The van der Waals surface area contributed by atoms with Crippen LogP contribution in [0.15, 0.2) is 42.7 Å². The van der Waals surface area contributed by atoms with Gasteiger partial charge in [0.15, 0.2) is 11.9 Å². The summed E-state index contributed by atoms with van der Waals surface area (Å²) < 4.78 is 1.82. The van der Waals surface area contributed by atoms with Gasteiger partial charge in [0.25, 0.3) is 5.91 Å². The topological polar surface area (TPSA) is 71.3 Å².